The molecular weight excluding hydrogens is 232 g/mol. The molecule has 5 nitrogen and oxygen atoms in total. The molecule has 3 N–H and O–H groups in total. The van der Waals surface area contributed by atoms with Gasteiger partial charge in [0.1, 0.15) is 5.75 Å². The van der Waals surface area contributed by atoms with E-state index in [0.29, 0.717) is 24.3 Å². The van der Waals surface area contributed by atoms with Gasteiger partial charge in [0.05, 0.1) is 18.3 Å². The topological polar surface area (TPSA) is 70.6 Å². The molecule has 1 aliphatic heterocycles. The van der Waals surface area contributed by atoms with Crippen LogP contribution in [0.5, 0.6) is 5.75 Å². The number of phenolic OH excluding ortho intramolecular Hbond substituents is 1. The summed E-state index contributed by atoms with van der Waals surface area (Å²) in [5, 5.41) is 15.8. The third kappa shape index (κ3) is 3.00. The van der Waals surface area contributed by atoms with Gasteiger partial charge in [0.2, 0.25) is 0 Å². The maximum atomic E-state index is 11.9. The predicted molar refractivity (Wildman–Crippen MR) is 67.8 cm³/mol. The predicted octanol–water partition coefficient (Wildman–Crippen LogP) is 0.419. The van der Waals surface area contributed by atoms with Gasteiger partial charge in [-0.2, -0.15) is 0 Å². The van der Waals surface area contributed by atoms with Gasteiger partial charge in [0.15, 0.2) is 0 Å². The quantitative estimate of drug-likeness (QED) is 0.727. The van der Waals surface area contributed by atoms with E-state index < -0.39 is 0 Å². The minimum absolute atomic E-state index is 0.00495. The van der Waals surface area contributed by atoms with Gasteiger partial charge in [-0.15, -0.1) is 0 Å². The monoisotopic (exact) mass is 250 g/mol. The molecule has 0 aromatic heterocycles. The molecule has 0 aliphatic carbocycles. The van der Waals surface area contributed by atoms with Crippen molar-refractivity contribution in [3.05, 3.63) is 29.3 Å². The van der Waals surface area contributed by atoms with Crippen LogP contribution in [-0.4, -0.2) is 43.4 Å². The molecule has 1 atom stereocenters. The van der Waals surface area contributed by atoms with Crippen molar-refractivity contribution in [2.75, 3.05) is 26.2 Å². The molecule has 5 heteroatoms. The molecule has 2 rings (SSSR count). The number of carbonyl (C=O) groups excluding carboxylic acids is 1. The Kier molecular flexibility index (Phi) is 4.17. The average Bonchev–Trinajstić information content (AvgIpc) is 2.40. The van der Waals surface area contributed by atoms with E-state index in [-0.39, 0.29) is 17.8 Å². The summed E-state index contributed by atoms with van der Waals surface area (Å²) in [7, 11) is 0. The lowest BCUT2D eigenvalue weighted by Crippen LogP contribution is -2.45. The summed E-state index contributed by atoms with van der Waals surface area (Å²) in [6.45, 7) is 4.46. The molecule has 0 bridgehead atoms. The average molecular weight is 250 g/mol. The minimum atomic E-state index is -0.273. The molecule has 1 saturated heterocycles. The smallest absolute Gasteiger partial charge is 0.255 e. The largest absolute Gasteiger partial charge is 0.507 e. The first kappa shape index (κ1) is 12.9. The van der Waals surface area contributed by atoms with Crippen LogP contribution in [0.15, 0.2) is 18.2 Å². The maximum absolute atomic E-state index is 11.9. The molecule has 1 fully saturated rings. The summed E-state index contributed by atoms with van der Waals surface area (Å²) < 4.78 is 5.48. The van der Waals surface area contributed by atoms with Crippen molar-refractivity contribution in [2.45, 2.75) is 13.0 Å². The molecule has 98 valence electrons. The number of amides is 1. The maximum Gasteiger partial charge on any atom is 0.255 e. The number of ether oxygens (including phenoxy) is 1. The van der Waals surface area contributed by atoms with Gasteiger partial charge in [-0.05, 0) is 18.6 Å². The van der Waals surface area contributed by atoms with Crippen molar-refractivity contribution in [3.8, 4) is 5.75 Å². The van der Waals surface area contributed by atoms with Crippen LogP contribution in [0.1, 0.15) is 15.9 Å². The van der Waals surface area contributed by atoms with Crippen molar-refractivity contribution >= 4 is 5.91 Å². The van der Waals surface area contributed by atoms with Crippen LogP contribution in [0.2, 0.25) is 0 Å². The highest BCUT2D eigenvalue weighted by Gasteiger charge is 2.16. The molecule has 0 spiro atoms. The van der Waals surface area contributed by atoms with Crippen molar-refractivity contribution in [2.24, 2.45) is 0 Å². The van der Waals surface area contributed by atoms with E-state index in [2.05, 4.69) is 10.6 Å². The number of hydrogen-bond acceptors (Lipinski definition) is 4. The number of morpholine rings is 1. The molecule has 1 heterocycles. The van der Waals surface area contributed by atoms with Gasteiger partial charge in [0.25, 0.3) is 5.91 Å². The first-order valence-corrected chi connectivity index (χ1v) is 6.07. The van der Waals surface area contributed by atoms with Gasteiger partial charge < -0.3 is 20.5 Å². The number of aromatic hydroxyl groups is 1. The highest BCUT2D eigenvalue weighted by molar-refractivity contribution is 5.97. The molecular formula is C13H18N2O3. The molecule has 1 amide bonds. The second-order valence-corrected chi connectivity index (χ2v) is 4.38. The van der Waals surface area contributed by atoms with E-state index in [1.54, 1.807) is 25.1 Å². The van der Waals surface area contributed by atoms with E-state index in [1.807, 2.05) is 0 Å². The zero-order valence-electron chi connectivity index (χ0n) is 10.4. The SMILES string of the molecule is Cc1cccc(C(=O)NCC2CNCCO2)c1O. The molecule has 1 aliphatic rings. The number of carbonyl (C=O) groups is 1. The number of rotatable bonds is 3. The van der Waals surface area contributed by atoms with Gasteiger partial charge in [-0.25, -0.2) is 0 Å². The normalized spacial score (nSPS) is 19.5. The van der Waals surface area contributed by atoms with Gasteiger partial charge in [-0.1, -0.05) is 12.1 Å². The fourth-order valence-corrected chi connectivity index (χ4v) is 1.89. The molecule has 1 aromatic rings. The highest BCUT2D eigenvalue weighted by Crippen LogP contribution is 2.20. The summed E-state index contributed by atoms with van der Waals surface area (Å²) in [6, 6.07) is 5.13. The molecule has 0 radical (unpaired) electrons. The third-order valence-corrected chi connectivity index (χ3v) is 2.98. The molecule has 0 saturated carbocycles. The summed E-state index contributed by atoms with van der Waals surface area (Å²) in [5.74, 6) is -0.233. The zero-order chi connectivity index (χ0) is 13.0. The third-order valence-electron chi connectivity index (χ3n) is 2.98. The summed E-state index contributed by atoms with van der Waals surface area (Å²) in [5.41, 5.74) is 0.997. The number of para-hydroxylation sites is 1. The Bertz CT molecular complexity index is 428. The van der Waals surface area contributed by atoms with Crippen LogP contribution in [0, 0.1) is 6.92 Å². The fourth-order valence-electron chi connectivity index (χ4n) is 1.89. The molecule has 1 unspecified atom stereocenters. The number of nitrogens with one attached hydrogen (secondary N) is 2. The Balaban J connectivity index is 1.93. The van der Waals surface area contributed by atoms with Crippen molar-refractivity contribution in [1.29, 1.82) is 0 Å². The highest BCUT2D eigenvalue weighted by atomic mass is 16.5. The summed E-state index contributed by atoms with van der Waals surface area (Å²) in [6.07, 6.45) is -0.00495. The molecule has 18 heavy (non-hydrogen) atoms. The Hall–Kier alpha value is -1.59. The molecule has 1 aromatic carbocycles. The lowest BCUT2D eigenvalue weighted by molar-refractivity contribution is 0.0287. The van der Waals surface area contributed by atoms with Gasteiger partial charge in [0, 0.05) is 19.6 Å². The van der Waals surface area contributed by atoms with E-state index in [4.69, 9.17) is 4.74 Å². The van der Waals surface area contributed by atoms with Crippen LogP contribution in [-0.2, 0) is 4.74 Å². The van der Waals surface area contributed by atoms with Crippen LogP contribution >= 0.6 is 0 Å². The van der Waals surface area contributed by atoms with Gasteiger partial charge in [-0.3, -0.25) is 4.79 Å². The lowest BCUT2D eigenvalue weighted by Gasteiger charge is -2.23. The second kappa shape index (κ2) is 5.84. The van der Waals surface area contributed by atoms with Crippen LogP contribution in [0.3, 0.4) is 0 Å². The first-order valence-electron chi connectivity index (χ1n) is 6.07. The van der Waals surface area contributed by atoms with Crippen LogP contribution < -0.4 is 10.6 Å². The van der Waals surface area contributed by atoms with Crippen molar-refractivity contribution in [3.63, 3.8) is 0 Å². The lowest BCUT2D eigenvalue weighted by atomic mass is 10.1. The number of aryl methyl sites for hydroxylation is 1. The second-order valence-electron chi connectivity index (χ2n) is 4.38. The summed E-state index contributed by atoms with van der Waals surface area (Å²) >= 11 is 0. The number of benzene rings is 1. The standard InChI is InChI=1S/C13H18N2O3/c1-9-3-2-4-11(12(9)16)13(17)15-8-10-7-14-5-6-18-10/h2-4,10,14,16H,5-8H2,1H3,(H,15,17). The summed E-state index contributed by atoms with van der Waals surface area (Å²) in [4.78, 5) is 11.9. The van der Waals surface area contributed by atoms with E-state index in [9.17, 15) is 9.90 Å². The Labute approximate surface area is 106 Å². The zero-order valence-corrected chi connectivity index (χ0v) is 10.4. The van der Waals surface area contributed by atoms with E-state index >= 15 is 0 Å². The van der Waals surface area contributed by atoms with Crippen molar-refractivity contribution in [1.82, 2.24) is 10.6 Å². The Morgan fingerprint density at radius 2 is 2.44 bits per heavy atom. The number of hydrogen-bond donors (Lipinski definition) is 3. The van der Waals surface area contributed by atoms with E-state index in [1.165, 1.54) is 0 Å². The van der Waals surface area contributed by atoms with Crippen molar-refractivity contribution < 1.29 is 14.6 Å². The van der Waals surface area contributed by atoms with Crippen LogP contribution in [0.25, 0.3) is 0 Å². The first-order chi connectivity index (χ1) is 8.68. The number of phenols is 1. The minimum Gasteiger partial charge on any atom is -0.507 e. The Morgan fingerprint density at radius 1 is 1.61 bits per heavy atom. The fraction of sp³-hybridized carbons (Fsp3) is 0.462. The van der Waals surface area contributed by atoms with Crippen LogP contribution in [0.4, 0.5) is 0 Å². The van der Waals surface area contributed by atoms with E-state index in [0.717, 1.165) is 13.1 Å². The Morgan fingerprint density at radius 3 is 3.17 bits per heavy atom. The van der Waals surface area contributed by atoms with Gasteiger partial charge >= 0.3 is 0 Å².